The maximum absolute atomic E-state index is 12.3. The van der Waals surface area contributed by atoms with Gasteiger partial charge in [0.1, 0.15) is 5.69 Å². The van der Waals surface area contributed by atoms with E-state index in [-0.39, 0.29) is 5.91 Å². The minimum atomic E-state index is -0.650. The molecular formula is C16H19N3O2. The quantitative estimate of drug-likeness (QED) is 0.905. The Morgan fingerprint density at radius 3 is 2.67 bits per heavy atom. The molecule has 1 heterocycles. The molecule has 0 radical (unpaired) electrons. The van der Waals surface area contributed by atoms with Crippen molar-refractivity contribution in [2.24, 2.45) is 0 Å². The number of aromatic nitrogens is 1. The van der Waals surface area contributed by atoms with Crippen LogP contribution >= 0.6 is 0 Å². The summed E-state index contributed by atoms with van der Waals surface area (Å²) in [7, 11) is 3.81. The summed E-state index contributed by atoms with van der Waals surface area (Å²) in [5.74, 6) is -0.299. The van der Waals surface area contributed by atoms with E-state index >= 15 is 0 Å². The summed E-state index contributed by atoms with van der Waals surface area (Å²) in [5, 5.41) is 12.5. The molecule has 0 aliphatic carbocycles. The molecular weight excluding hydrogens is 266 g/mol. The second kappa shape index (κ2) is 6.37. The Bertz CT molecular complexity index is 639. The van der Waals surface area contributed by atoms with Crippen molar-refractivity contribution in [3.63, 3.8) is 0 Å². The SMILES string of the molecule is C[C@H](O)c1ccccc1NC(=O)c1cc(N(C)C)ccn1. The molecule has 0 spiro atoms. The van der Waals surface area contributed by atoms with Gasteiger partial charge in [-0.25, -0.2) is 0 Å². The van der Waals surface area contributed by atoms with Crippen molar-refractivity contribution in [1.29, 1.82) is 0 Å². The molecule has 2 N–H and O–H groups in total. The van der Waals surface area contributed by atoms with Gasteiger partial charge in [-0.15, -0.1) is 0 Å². The molecule has 0 aliphatic heterocycles. The van der Waals surface area contributed by atoms with E-state index in [2.05, 4.69) is 10.3 Å². The molecule has 1 amide bonds. The van der Waals surface area contributed by atoms with Crippen LogP contribution in [0, 0.1) is 0 Å². The molecule has 1 atom stereocenters. The molecule has 2 rings (SSSR count). The van der Waals surface area contributed by atoms with Crippen LogP contribution in [0.3, 0.4) is 0 Å². The van der Waals surface area contributed by atoms with E-state index in [0.29, 0.717) is 16.9 Å². The maximum Gasteiger partial charge on any atom is 0.274 e. The van der Waals surface area contributed by atoms with Crippen LogP contribution in [0.15, 0.2) is 42.6 Å². The number of para-hydroxylation sites is 1. The summed E-state index contributed by atoms with van der Waals surface area (Å²) in [6.45, 7) is 1.66. The fourth-order valence-electron chi connectivity index (χ4n) is 1.98. The number of nitrogens with one attached hydrogen (secondary N) is 1. The maximum atomic E-state index is 12.3. The number of pyridine rings is 1. The fourth-order valence-corrected chi connectivity index (χ4v) is 1.98. The third-order valence-corrected chi connectivity index (χ3v) is 3.15. The van der Waals surface area contributed by atoms with E-state index < -0.39 is 6.10 Å². The van der Waals surface area contributed by atoms with Crippen LogP contribution in [-0.2, 0) is 0 Å². The van der Waals surface area contributed by atoms with Gasteiger partial charge in [0.15, 0.2) is 0 Å². The highest BCUT2D eigenvalue weighted by atomic mass is 16.3. The highest BCUT2D eigenvalue weighted by Gasteiger charge is 2.13. The summed E-state index contributed by atoms with van der Waals surface area (Å²) < 4.78 is 0. The van der Waals surface area contributed by atoms with Crippen LogP contribution in [0.4, 0.5) is 11.4 Å². The van der Waals surface area contributed by atoms with Crippen molar-refractivity contribution in [1.82, 2.24) is 4.98 Å². The summed E-state index contributed by atoms with van der Waals surface area (Å²) in [6, 6.07) is 10.7. The van der Waals surface area contributed by atoms with Gasteiger partial charge in [0.25, 0.3) is 5.91 Å². The minimum Gasteiger partial charge on any atom is -0.389 e. The van der Waals surface area contributed by atoms with Crippen molar-refractivity contribution in [3.8, 4) is 0 Å². The largest absolute Gasteiger partial charge is 0.389 e. The molecule has 0 saturated heterocycles. The molecule has 21 heavy (non-hydrogen) atoms. The highest BCUT2D eigenvalue weighted by molar-refractivity contribution is 6.03. The average molecular weight is 285 g/mol. The van der Waals surface area contributed by atoms with Crippen molar-refractivity contribution in [2.45, 2.75) is 13.0 Å². The molecule has 1 aromatic heterocycles. The van der Waals surface area contributed by atoms with Gasteiger partial charge in [0, 0.05) is 37.2 Å². The number of carbonyl (C=O) groups excluding carboxylic acids is 1. The first-order valence-electron chi connectivity index (χ1n) is 6.70. The summed E-state index contributed by atoms with van der Waals surface area (Å²) >= 11 is 0. The third-order valence-electron chi connectivity index (χ3n) is 3.15. The monoisotopic (exact) mass is 285 g/mol. The predicted molar refractivity (Wildman–Crippen MR) is 83.6 cm³/mol. The van der Waals surface area contributed by atoms with E-state index in [4.69, 9.17) is 0 Å². The summed E-state index contributed by atoms with van der Waals surface area (Å²) in [5.41, 5.74) is 2.50. The Labute approximate surface area is 124 Å². The Kier molecular flexibility index (Phi) is 4.55. The van der Waals surface area contributed by atoms with Crippen LogP contribution in [0.1, 0.15) is 29.1 Å². The van der Waals surface area contributed by atoms with Gasteiger partial charge in [0.2, 0.25) is 0 Å². The number of hydrogen-bond donors (Lipinski definition) is 2. The minimum absolute atomic E-state index is 0.299. The molecule has 0 fully saturated rings. The van der Waals surface area contributed by atoms with Crippen LogP contribution in [0.5, 0.6) is 0 Å². The predicted octanol–water partition coefficient (Wildman–Crippen LogP) is 2.45. The zero-order valence-corrected chi connectivity index (χ0v) is 12.4. The highest BCUT2D eigenvalue weighted by Crippen LogP contribution is 2.23. The van der Waals surface area contributed by atoms with Gasteiger partial charge < -0.3 is 15.3 Å². The van der Waals surface area contributed by atoms with E-state index in [1.54, 1.807) is 31.3 Å². The lowest BCUT2D eigenvalue weighted by molar-refractivity contribution is 0.102. The van der Waals surface area contributed by atoms with Gasteiger partial charge in [-0.1, -0.05) is 18.2 Å². The van der Waals surface area contributed by atoms with Crippen LogP contribution in [0.2, 0.25) is 0 Å². The van der Waals surface area contributed by atoms with E-state index in [1.807, 2.05) is 37.2 Å². The fraction of sp³-hybridized carbons (Fsp3) is 0.250. The second-order valence-electron chi connectivity index (χ2n) is 5.01. The van der Waals surface area contributed by atoms with Crippen LogP contribution in [0.25, 0.3) is 0 Å². The Morgan fingerprint density at radius 1 is 1.29 bits per heavy atom. The average Bonchev–Trinajstić information content (AvgIpc) is 2.47. The first kappa shape index (κ1) is 15.0. The molecule has 5 nitrogen and oxygen atoms in total. The first-order chi connectivity index (χ1) is 9.99. The van der Waals surface area contributed by atoms with Crippen LogP contribution in [-0.4, -0.2) is 30.1 Å². The number of amides is 1. The molecule has 0 saturated carbocycles. The molecule has 0 unspecified atom stereocenters. The third kappa shape index (κ3) is 3.58. The van der Waals surface area contributed by atoms with Crippen molar-refractivity contribution < 1.29 is 9.90 Å². The molecule has 5 heteroatoms. The lowest BCUT2D eigenvalue weighted by Crippen LogP contribution is -2.17. The number of aliphatic hydroxyl groups excluding tert-OH is 1. The number of anilines is 2. The summed E-state index contributed by atoms with van der Waals surface area (Å²) in [4.78, 5) is 18.3. The lowest BCUT2D eigenvalue weighted by Gasteiger charge is -2.14. The number of aliphatic hydroxyl groups is 1. The zero-order chi connectivity index (χ0) is 15.4. The van der Waals surface area contributed by atoms with E-state index in [0.717, 1.165) is 5.69 Å². The molecule has 110 valence electrons. The number of benzene rings is 1. The first-order valence-corrected chi connectivity index (χ1v) is 6.70. The standard InChI is InChI=1S/C16H19N3O2/c1-11(20)13-6-4-5-7-14(13)18-16(21)15-10-12(19(2)3)8-9-17-15/h4-11,20H,1-3H3,(H,18,21)/t11-/m0/s1. The zero-order valence-electron chi connectivity index (χ0n) is 12.4. The molecule has 2 aromatic rings. The Morgan fingerprint density at radius 2 is 2.00 bits per heavy atom. The van der Waals surface area contributed by atoms with Crippen molar-refractivity contribution in [3.05, 3.63) is 53.9 Å². The van der Waals surface area contributed by atoms with Crippen molar-refractivity contribution >= 4 is 17.3 Å². The van der Waals surface area contributed by atoms with Gasteiger partial charge in [-0.3, -0.25) is 9.78 Å². The second-order valence-corrected chi connectivity index (χ2v) is 5.01. The normalized spacial score (nSPS) is 11.8. The topological polar surface area (TPSA) is 65.5 Å². The van der Waals surface area contributed by atoms with E-state index in [9.17, 15) is 9.90 Å². The number of rotatable bonds is 4. The summed E-state index contributed by atoms with van der Waals surface area (Å²) in [6.07, 6.45) is 0.952. The Hall–Kier alpha value is -2.40. The number of hydrogen-bond acceptors (Lipinski definition) is 4. The van der Waals surface area contributed by atoms with Gasteiger partial charge >= 0.3 is 0 Å². The lowest BCUT2D eigenvalue weighted by atomic mass is 10.1. The molecule has 1 aromatic carbocycles. The molecule has 0 bridgehead atoms. The number of nitrogens with zero attached hydrogens (tertiary/aromatic N) is 2. The molecule has 0 aliphatic rings. The van der Waals surface area contributed by atoms with Crippen molar-refractivity contribution in [2.75, 3.05) is 24.3 Å². The smallest absolute Gasteiger partial charge is 0.274 e. The number of carbonyl (C=O) groups is 1. The van der Waals surface area contributed by atoms with Crippen LogP contribution < -0.4 is 10.2 Å². The van der Waals surface area contributed by atoms with Gasteiger partial charge in [-0.05, 0) is 25.1 Å². The van der Waals surface area contributed by atoms with Gasteiger partial charge in [0.05, 0.1) is 6.10 Å². The van der Waals surface area contributed by atoms with E-state index in [1.165, 1.54) is 0 Å². The Balaban J connectivity index is 2.24. The van der Waals surface area contributed by atoms with Gasteiger partial charge in [-0.2, -0.15) is 0 Å².